The number of fused-ring (bicyclic) bond motifs is 1. The molecule has 0 bridgehead atoms. The summed E-state index contributed by atoms with van der Waals surface area (Å²) in [5.74, 6) is 1.36. The molecule has 2 aromatic rings. The Hall–Kier alpha value is -2.67. The predicted octanol–water partition coefficient (Wildman–Crippen LogP) is 2.67. The number of aryl methyl sites for hydroxylation is 2. The van der Waals surface area contributed by atoms with Gasteiger partial charge in [0.15, 0.2) is 11.5 Å². The molecule has 0 saturated carbocycles. The van der Waals surface area contributed by atoms with E-state index in [2.05, 4.69) is 9.97 Å². The topological polar surface area (TPSA) is 73.8 Å². The number of methoxy groups -OCH3 is 1. The van der Waals surface area contributed by atoms with Crippen LogP contribution in [0.1, 0.15) is 29.8 Å². The van der Waals surface area contributed by atoms with Crippen LogP contribution < -0.4 is 9.47 Å². The largest absolute Gasteiger partial charge is 0.493 e. The fourth-order valence-electron chi connectivity index (χ4n) is 3.75. The quantitative estimate of drug-likeness (QED) is 0.811. The maximum atomic E-state index is 12.9. The molecule has 1 atom stereocenters. The zero-order valence-corrected chi connectivity index (χ0v) is 16.5. The van der Waals surface area contributed by atoms with Crippen molar-refractivity contribution in [2.45, 2.75) is 39.3 Å². The van der Waals surface area contributed by atoms with E-state index in [0.717, 1.165) is 41.1 Å². The van der Waals surface area contributed by atoms with Gasteiger partial charge in [0.1, 0.15) is 12.7 Å². The normalized spacial score (nSPS) is 19.0. The van der Waals surface area contributed by atoms with Crippen LogP contribution in [0.2, 0.25) is 0 Å². The summed E-state index contributed by atoms with van der Waals surface area (Å²) in [5.41, 5.74) is 4.30. The van der Waals surface area contributed by atoms with Gasteiger partial charge in [-0.2, -0.15) is 0 Å². The van der Waals surface area contributed by atoms with Gasteiger partial charge in [0.2, 0.25) is 0 Å². The summed E-state index contributed by atoms with van der Waals surface area (Å²) in [7, 11) is 1.62. The zero-order chi connectivity index (χ0) is 19.7. The highest BCUT2D eigenvalue weighted by atomic mass is 16.5. The molecule has 0 spiro atoms. The summed E-state index contributed by atoms with van der Waals surface area (Å²) in [6, 6.07) is 3.95. The molecule has 7 nitrogen and oxygen atoms in total. The molecule has 1 saturated heterocycles. The minimum atomic E-state index is -0.337. The molecule has 2 aliphatic rings. The lowest BCUT2D eigenvalue weighted by molar-refractivity contribution is -0.141. The minimum Gasteiger partial charge on any atom is -0.493 e. The van der Waals surface area contributed by atoms with Crippen LogP contribution in [-0.4, -0.2) is 53.7 Å². The predicted molar refractivity (Wildman–Crippen MR) is 103 cm³/mol. The zero-order valence-electron chi connectivity index (χ0n) is 16.5. The van der Waals surface area contributed by atoms with Crippen molar-refractivity contribution in [1.82, 2.24) is 14.9 Å². The summed E-state index contributed by atoms with van der Waals surface area (Å²) >= 11 is 0. The lowest BCUT2D eigenvalue weighted by Crippen LogP contribution is -2.39. The number of nitrogens with zero attached hydrogens (tertiary/aromatic N) is 3. The summed E-state index contributed by atoms with van der Waals surface area (Å²) in [6.07, 6.45) is 3.13. The summed E-state index contributed by atoms with van der Waals surface area (Å²) < 4.78 is 17.1. The van der Waals surface area contributed by atoms with Crippen molar-refractivity contribution >= 4 is 5.91 Å². The van der Waals surface area contributed by atoms with E-state index >= 15 is 0 Å². The monoisotopic (exact) mass is 383 g/mol. The van der Waals surface area contributed by atoms with Gasteiger partial charge in [0.05, 0.1) is 30.7 Å². The van der Waals surface area contributed by atoms with Gasteiger partial charge >= 0.3 is 0 Å². The van der Waals surface area contributed by atoms with Crippen molar-refractivity contribution in [2.75, 3.05) is 26.9 Å². The number of hydrogen-bond acceptors (Lipinski definition) is 6. The molecule has 0 radical (unpaired) electrons. The van der Waals surface area contributed by atoms with Crippen molar-refractivity contribution in [3.63, 3.8) is 0 Å². The third-order valence-electron chi connectivity index (χ3n) is 5.19. The Labute approximate surface area is 164 Å². The van der Waals surface area contributed by atoms with Crippen LogP contribution in [0.15, 0.2) is 18.3 Å². The SMILES string of the molecule is COc1cc(-c2nc(C)cnc2C)cc2c1OCCN(C(=O)C1CCCO1)C2. The van der Waals surface area contributed by atoms with Crippen molar-refractivity contribution in [1.29, 1.82) is 0 Å². The van der Waals surface area contributed by atoms with E-state index in [-0.39, 0.29) is 12.0 Å². The summed E-state index contributed by atoms with van der Waals surface area (Å²) in [6.45, 7) is 5.90. The Morgan fingerprint density at radius 3 is 2.89 bits per heavy atom. The van der Waals surface area contributed by atoms with Crippen molar-refractivity contribution in [3.05, 3.63) is 35.3 Å². The van der Waals surface area contributed by atoms with E-state index in [1.54, 1.807) is 13.3 Å². The van der Waals surface area contributed by atoms with Crippen LogP contribution in [0.3, 0.4) is 0 Å². The molecule has 0 aliphatic carbocycles. The lowest BCUT2D eigenvalue weighted by atomic mass is 10.0. The van der Waals surface area contributed by atoms with Crippen molar-refractivity contribution in [3.8, 4) is 22.8 Å². The molecule has 1 aromatic heterocycles. The van der Waals surface area contributed by atoms with E-state index < -0.39 is 0 Å². The molecule has 4 rings (SSSR count). The Kier molecular flexibility index (Phi) is 5.17. The van der Waals surface area contributed by atoms with Gasteiger partial charge in [0, 0.05) is 30.5 Å². The number of carbonyl (C=O) groups is 1. The third-order valence-corrected chi connectivity index (χ3v) is 5.19. The Morgan fingerprint density at radius 2 is 2.14 bits per heavy atom. The maximum absolute atomic E-state index is 12.9. The molecule has 7 heteroatoms. The van der Waals surface area contributed by atoms with Crippen LogP contribution >= 0.6 is 0 Å². The number of carbonyl (C=O) groups excluding carboxylic acids is 1. The Balaban J connectivity index is 1.72. The molecule has 28 heavy (non-hydrogen) atoms. The molecule has 3 heterocycles. The Bertz CT molecular complexity index is 893. The third kappa shape index (κ3) is 3.54. The first-order chi connectivity index (χ1) is 13.6. The first-order valence-corrected chi connectivity index (χ1v) is 9.61. The van der Waals surface area contributed by atoms with Gasteiger partial charge in [-0.15, -0.1) is 0 Å². The number of aromatic nitrogens is 2. The lowest BCUT2D eigenvalue weighted by Gasteiger charge is -2.23. The van der Waals surface area contributed by atoms with Crippen molar-refractivity contribution in [2.24, 2.45) is 0 Å². The van der Waals surface area contributed by atoms with Crippen LogP contribution in [0, 0.1) is 13.8 Å². The maximum Gasteiger partial charge on any atom is 0.252 e. The highest BCUT2D eigenvalue weighted by Crippen LogP contribution is 2.38. The van der Waals surface area contributed by atoms with Gasteiger partial charge in [-0.05, 0) is 38.8 Å². The summed E-state index contributed by atoms with van der Waals surface area (Å²) in [4.78, 5) is 23.8. The minimum absolute atomic E-state index is 0.0323. The van der Waals surface area contributed by atoms with Crippen LogP contribution in [0.5, 0.6) is 11.5 Å². The summed E-state index contributed by atoms with van der Waals surface area (Å²) in [5, 5.41) is 0. The molecule has 1 aromatic carbocycles. The van der Waals surface area contributed by atoms with E-state index in [0.29, 0.717) is 37.8 Å². The average Bonchev–Trinajstić information content (AvgIpc) is 3.15. The first-order valence-electron chi connectivity index (χ1n) is 9.61. The first kappa shape index (κ1) is 18.7. The smallest absolute Gasteiger partial charge is 0.252 e. The van der Waals surface area contributed by atoms with Crippen LogP contribution in [-0.2, 0) is 16.1 Å². The van der Waals surface area contributed by atoms with Crippen molar-refractivity contribution < 1.29 is 19.0 Å². The number of amides is 1. The van der Waals surface area contributed by atoms with Gasteiger partial charge in [-0.25, -0.2) is 4.98 Å². The van der Waals surface area contributed by atoms with Crippen LogP contribution in [0.25, 0.3) is 11.3 Å². The molecule has 0 N–H and O–H groups in total. The van der Waals surface area contributed by atoms with Crippen LogP contribution in [0.4, 0.5) is 0 Å². The highest BCUT2D eigenvalue weighted by Gasteiger charge is 2.31. The van der Waals surface area contributed by atoms with E-state index in [4.69, 9.17) is 14.2 Å². The van der Waals surface area contributed by atoms with Gasteiger partial charge < -0.3 is 19.1 Å². The molecule has 2 aliphatic heterocycles. The van der Waals surface area contributed by atoms with E-state index in [1.165, 1.54) is 0 Å². The fourth-order valence-corrected chi connectivity index (χ4v) is 3.75. The number of benzene rings is 1. The van der Waals surface area contributed by atoms with E-state index in [1.807, 2.05) is 30.9 Å². The van der Waals surface area contributed by atoms with Gasteiger partial charge in [-0.1, -0.05) is 0 Å². The number of hydrogen-bond donors (Lipinski definition) is 0. The molecule has 1 amide bonds. The number of rotatable bonds is 3. The molecule has 1 unspecified atom stereocenters. The Morgan fingerprint density at radius 1 is 1.29 bits per heavy atom. The number of ether oxygens (including phenoxy) is 3. The molecular formula is C21H25N3O4. The van der Waals surface area contributed by atoms with E-state index in [9.17, 15) is 4.79 Å². The van der Waals surface area contributed by atoms with Gasteiger partial charge in [-0.3, -0.25) is 9.78 Å². The average molecular weight is 383 g/mol. The molecular weight excluding hydrogens is 358 g/mol. The molecule has 148 valence electrons. The second-order valence-electron chi connectivity index (χ2n) is 7.22. The second-order valence-corrected chi connectivity index (χ2v) is 7.22. The highest BCUT2D eigenvalue weighted by molar-refractivity contribution is 5.81. The molecule has 1 fully saturated rings. The standard InChI is InChI=1S/C21H25N3O4/c1-13-11-22-14(2)19(23-13)15-9-16-12-24(21(25)17-5-4-7-27-17)6-8-28-20(16)18(10-15)26-3/h9-11,17H,4-8,12H2,1-3H3. The fraction of sp³-hybridized carbons (Fsp3) is 0.476. The van der Waals surface area contributed by atoms with Gasteiger partial charge in [0.25, 0.3) is 5.91 Å². The second kappa shape index (κ2) is 7.75.